The molecule has 1 aromatic rings. The van der Waals surface area contributed by atoms with E-state index in [-0.39, 0.29) is 0 Å². The molecule has 0 radical (unpaired) electrons. The lowest BCUT2D eigenvalue weighted by Gasteiger charge is -2.04. The van der Waals surface area contributed by atoms with E-state index in [1.165, 1.54) is 28.1 Å². The second-order valence-electron chi connectivity index (χ2n) is 4.49. The number of hydrogen-bond acceptors (Lipinski definition) is 2. The highest BCUT2D eigenvalue weighted by Crippen LogP contribution is 2.33. The van der Waals surface area contributed by atoms with Crippen LogP contribution in [0.2, 0.25) is 0 Å². The molecule has 1 aromatic carbocycles. The van der Waals surface area contributed by atoms with Crippen LogP contribution in [-0.2, 0) is 6.42 Å². The Balaban J connectivity index is 1.86. The van der Waals surface area contributed by atoms with E-state index in [1.54, 1.807) is 0 Å². The zero-order valence-electron chi connectivity index (χ0n) is 9.59. The Morgan fingerprint density at radius 2 is 2.19 bits per heavy atom. The normalized spacial score (nSPS) is 18.4. The van der Waals surface area contributed by atoms with E-state index in [1.807, 2.05) is 0 Å². The number of hydrogen-bond donors (Lipinski definition) is 1. The smallest absolute Gasteiger partial charge is 0.101 e. The van der Waals surface area contributed by atoms with Crippen molar-refractivity contribution < 1.29 is 0 Å². The Kier molecular flexibility index (Phi) is 2.28. The van der Waals surface area contributed by atoms with Gasteiger partial charge in [-0.1, -0.05) is 29.8 Å². The predicted octanol–water partition coefficient (Wildman–Crippen LogP) is 2.41. The van der Waals surface area contributed by atoms with Crippen molar-refractivity contribution in [2.45, 2.75) is 19.8 Å². The molecular weight excluding hydrogens is 196 g/mol. The lowest BCUT2D eigenvalue weighted by molar-refractivity contribution is 0.950. The van der Waals surface area contributed by atoms with Gasteiger partial charge in [0.25, 0.3) is 0 Å². The third kappa shape index (κ3) is 1.54. The maximum atomic E-state index is 4.47. The lowest BCUT2D eigenvalue weighted by atomic mass is 10.1. The fourth-order valence-corrected chi connectivity index (χ4v) is 2.56. The van der Waals surface area contributed by atoms with E-state index < -0.39 is 0 Å². The highest BCUT2D eigenvalue weighted by atomic mass is 15.1. The zero-order chi connectivity index (χ0) is 11.0. The van der Waals surface area contributed by atoms with Gasteiger partial charge in [0.15, 0.2) is 0 Å². The Morgan fingerprint density at radius 1 is 1.31 bits per heavy atom. The van der Waals surface area contributed by atoms with Crippen molar-refractivity contribution in [3.8, 4) is 0 Å². The number of fused-ring (bicyclic) bond motifs is 1. The number of aliphatic imine (C=N–C) groups is 1. The topological polar surface area (TPSA) is 24.4 Å². The first-order valence-electron chi connectivity index (χ1n) is 5.88. The minimum atomic E-state index is 0.939. The van der Waals surface area contributed by atoms with Crippen LogP contribution in [-0.4, -0.2) is 18.9 Å². The van der Waals surface area contributed by atoms with Gasteiger partial charge >= 0.3 is 0 Å². The molecule has 1 aliphatic heterocycles. The molecule has 0 fully saturated rings. The fourth-order valence-electron chi connectivity index (χ4n) is 2.56. The van der Waals surface area contributed by atoms with E-state index >= 15 is 0 Å². The average molecular weight is 212 g/mol. The summed E-state index contributed by atoms with van der Waals surface area (Å²) in [6.07, 6.45) is 2.10. The Labute approximate surface area is 96.1 Å². The van der Waals surface area contributed by atoms with Crippen LogP contribution in [0.3, 0.4) is 0 Å². The molecule has 0 bridgehead atoms. The molecule has 82 valence electrons. The van der Waals surface area contributed by atoms with Gasteiger partial charge in [-0.3, -0.25) is 4.99 Å². The van der Waals surface area contributed by atoms with Crippen molar-refractivity contribution in [2.75, 3.05) is 13.1 Å². The predicted molar refractivity (Wildman–Crippen MR) is 67.7 cm³/mol. The van der Waals surface area contributed by atoms with Crippen LogP contribution in [0.4, 0.5) is 0 Å². The molecule has 0 unspecified atom stereocenters. The number of nitrogens with zero attached hydrogens (tertiary/aromatic N) is 1. The standard InChI is InChI=1S/C14H16N2/c1-10-12(9-14-15-6-7-16-14)8-11-4-2-3-5-13(10)11/h2-5H,6-9H2,1H3,(H,15,16). The van der Waals surface area contributed by atoms with Crippen molar-refractivity contribution in [1.82, 2.24) is 5.32 Å². The highest BCUT2D eigenvalue weighted by molar-refractivity contribution is 5.89. The van der Waals surface area contributed by atoms with E-state index in [4.69, 9.17) is 0 Å². The number of rotatable bonds is 2. The summed E-state index contributed by atoms with van der Waals surface area (Å²) < 4.78 is 0. The first-order valence-corrected chi connectivity index (χ1v) is 5.88. The minimum Gasteiger partial charge on any atom is -0.372 e. The fraction of sp³-hybridized carbons (Fsp3) is 0.357. The lowest BCUT2D eigenvalue weighted by Crippen LogP contribution is -2.18. The Hall–Kier alpha value is -1.57. The van der Waals surface area contributed by atoms with Gasteiger partial charge in [-0.15, -0.1) is 0 Å². The molecule has 2 aliphatic rings. The third-order valence-electron chi connectivity index (χ3n) is 3.48. The van der Waals surface area contributed by atoms with Crippen molar-refractivity contribution in [1.29, 1.82) is 0 Å². The largest absolute Gasteiger partial charge is 0.372 e. The van der Waals surface area contributed by atoms with Crippen LogP contribution >= 0.6 is 0 Å². The Morgan fingerprint density at radius 3 is 2.94 bits per heavy atom. The SMILES string of the molecule is CC1=C(CC2=NCCN2)Cc2ccccc21. The minimum absolute atomic E-state index is 0.939. The van der Waals surface area contributed by atoms with Gasteiger partial charge in [0.1, 0.15) is 5.84 Å². The number of allylic oxidation sites excluding steroid dienone is 1. The first kappa shape index (κ1) is 9.64. The molecule has 1 aliphatic carbocycles. The molecule has 0 saturated carbocycles. The molecule has 16 heavy (non-hydrogen) atoms. The van der Waals surface area contributed by atoms with Crippen LogP contribution in [0.15, 0.2) is 34.8 Å². The molecule has 0 spiro atoms. The molecule has 0 amide bonds. The maximum Gasteiger partial charge on any atom is 0.101 e. The second kappa shape index (κ2) is 3.78. The summed E-state index contributed by atoms with van der Waals surface area (Å²) >= 11 is 0. The van der Waals surface area contributed by atoms with Gasteiger partial charge < -0.3 is 5.32 Å². The molecule has 1 heterocycles. The van der Waals surface area contributed by atoms with E-state index in [9.17, 15) is 0 Å². The van der Waals surface area contributed by atoms with Crippen LogP contribution in [0.1, 0.15) is 24.5 Å². The summed E-state index contributed by atoms with van der Waals surface area (Å²) in [5.41, 5.74) is 5.87. The van der Waals surface area contributed by atoms with Gasteiger partial charge in [0.2, 0.25) is 0 Å². The van der Waals surface area contributed by atoms with Gasteiger partial charge in [0, 0.05) is 13.0 Å². The second-order valence-corrected chi connectivity index (χ2v) is 4.49. The monoisotopic (exact) mass is 212 g/mol. The highest BCUT2D eigenvalue weighted by Gasteiger charge is 2.19. The average Bonchev–Trinajstić information content (AvgIpc) is 2.90. The summed E-state index contributed by atoms with van der Waals surface area (Å²) in [7, 11) is 0. The summed E-state index contributed by atoms with van der Waals surface area (Å²) in [5.74, 6) is 1.17. The first-order chi connectivity index (χ1) is 7.84. The van der Waals surface area contributed by atoms with Crippen molar-refractivity contribution in [2.24, 2.45) is 4.99 Å². The van der Waals surface area contributed by atoms with Crippen molar-refractivity contribution >= 4 is 11.4 Å². The van der Waals surface area contributed by atoms with Gasteiger partial charge in [-0.25, -0.2) is 0 Å². The zero-order valence-corrected chi connectivity index (χ0v) is 9.59. The van der Waals surface area contributed by atoms with Crippen molar-refractivity contribution in [3.05, 3.63) is 41.0 Å². The van der Waals surface area contributed by atoms with Crippen LogP contribution in [0.5, 0.6) is 0 Å². The van der Waals surface area contributed by atoms with Crippen LogP contribution in [0, 0.1) is 0 Å². The van der Waals surface area contributed by atoms with Crippen molar-refractivity contribution in [3.63, 3.8) is 0 Å². The van der Waals surface area contributed by atoms with Crippen LogP contribution < -0.4 is 5.32 Å². The molecule has 2 nitrogen and oxygen atoms in total. The summed E-state index contributed by atoms with van der Waals surface area (Å²) in [4.78, 5) is 4.47. The molecule has 1 N–H and O–H groups in total. The van der Waals surface area contributed by atoms with Gasteiger partial charge in [-0.2, -0.15) is 0 Å². The summed E-state index contributed by atoms with van der Waals surface area (Å²) in [5, 5.41) is 3.35. The van der Waals surface area contributed by atoms with Gasteiger partial charge in [-0.05, 0) is 30.0 Å². The quantitative estimate of drug-likeness (QED) is 0.800. The number of nitrogens with one attached hydrogen (secondary N) is 1. The van der Waals surface area contributed by atoms with E-state index in [0.717, 1.165) is 25.9 Å². The van der Waals surface area contributed by atoms with Gasteiger partial charge in [0.05, 0.1) is 6.54 Å². The molecular formula is C14H16N2. The third-order valence-corrected chi connectivity index (χ3v) is 3.48. The molecule has 0 atom stereocenters. The molecule has 3 rings (SSSR count). The maximum absolute atomic E-state index is 4.47. The molecule has 2 heteroatoms. The number of amidine groups is 1. The van der Waals surface area contributed by atoms with E-state index in [2.05, 4.69) is 41.5 Å². The van der Waals surface area contributed by atoms with Crippen LogP contribution in [0.25, 0.3) is 5.57 Å². The molecule has 0 aromatic heterocycles. The number of benzene rings is 1. The molecule has 0 saturated heterocycles. The summed E-state index contributed by atoms with van der Waals surface area (Å²) in [6.45, 7) is 4.18. The van der Waals surface area contributed by atoms with E-state index in [0.29, 0.717) is 0 Å². The Bertz CT molecular complexity index is 483. The summed E-state index contributed by atoms with van der Waals surface area (Å²) in [6, 6.07) is 8.70.